The van der Waals surface area contributed by atoms with Gasteiger partial charge >= 0.3 is 17.9 Å². The van der Waals surface area contributed by atoms with Crippen molar-refractivity contribution in [1.29, 1.82) is 0 Å². The highest BCUT2D eigenvalue weighted by Crippen LogP contribution is 2.36. The van der Waals surface area contributed by atoms with Crippen LogP contribution < -0.4 is 0 Å². The van der Waals surface area contributed by atoms with Gasteiger partial charge in [0.1, 0.15) is 24.4 Å². The minimum Gasteiger partial charge on any atom is -0.481 e. The summed E-state index contributed by atoms with van der Waals surface area (Å²) in [5, 5.41) is 58.5. The number of aliphatic hydroxyl groups excluding tert-OH is 4. The number of carboxylic acids is 2. The highest BCUT2D eigenvalue weighted by atomic mass is 16.8. The van der Waals surface area contributed by atoms with Crippen molar-refractivity contribution in [2.45, 2.75) is 49.8 Å². The number of allylic oxidation sites excluding steroid dienone is 1. The Morgan fingerprint density at radius 1 is 1.15 bits per heavy atom. The highest BCUT2D eigenvalue weighted by molar-refractivity contribution is 5.90. The van der Waals surface area contributed by atoms with Gasteiger partial charge in [0.15, 0.2) is 6.29 Å². The Kier molecular flexibility index (Phi) is 11.2. The first-order valence-electron chi connectivity index (χ1n) is 12.8. The van der Waals surface area contributed by atoms with Crippen molar-refractivity contribution in [2.75, 3.05) is 26.8 Å². The van der Waals surface area contributed by atoms with E-state index < -0.39 is 73.3 Å². The molecule has 3 rings (SSSR count). The standard InChI is InChI=1S/C27H35NO13/c1-3-16-17(7-6-14-9-15(24(35)36)11-28(10-14)8-4-5-20(30)31)18(25(37)38-2)13-39-26(16)41-27-23(34)22(33)21(32)19(12-29)40-27/h3,6-7,9,11,13,16-17,19,21-23,26-27,29,32-34H,1,4-5,8,10,12H2,2H3,(H,30,31)(H,35,36)/b7-6+/t16-,17-,19+,21+,22-,23+,26+,27-/m0/s1. The fourth-order valence-corrected chi connectivity index (χ4v) is 4.69. The Bertz CT molecular complexity index is 1110. The molecule has 0 amide bonds. The van der Waals surface area contributed by atoms with Gasteiger partial charge in [0, 0.05) is 31.6 Å². The molecule has 1 saturated heterocycles. The van der Waals surface area contributed by atoms with Gasteiger partial charge in [-0.15, -0.1) is 6.58 Å². The number of esters is 1. The first-order chi connectivity index (χ1) is 19.5. The molecular weight excluding hydrogens is 546 g/mol. The highest BCUT2D eigenvalue weighted by Gasteiger charge is 2.47. The van der Waals surface area contributed by atoms with Gasteiger partial charge in [-0.3, -0.25) is 4.79 Å². The van der Waals surface area contributed by atoms with Crippen LogP contribution in [0.25, 0.3) is 0 Å². The van der Waals surface area contributed by atoms with Crippen LogP contribution in [-0.4, -0.2) is 117 Å². The van der Waals surface area contributed by atoms with E-state index in [0.717, 1.165) is 6.26 Å². The predicted molar refractivity (Wildman–Crippen MR) is 138 cm³/mol. The summed E-state index contributed by atoms with van der Waals surface area (Å²) in [4.78, 5) is 36.8. The molecule has 0 aliphatic carbocycles. The van der Waals surface area contributed by atoms with Crippen molar-refractivity contribution in [3.63, 3.8) is 0 Å². The minimum absolute atomic E-state index is 0.00830. The Hall–Kier alpha value is -3.53. The lowest BCUT2D eigenvalue weighted by molar-refractivity contribution is -0.338. The summed E-state index contributed by atoms with van der Waals surface area (Å²) in [7, 11) is 1.19. The summed E-state index contributed by atoms with van der Waals surface area (Å²) in [5.41, 5.74) is 0.641. The van der Waals surface area contributed by atoms with Crippen molar-refractivity contribution in [3.05, 3.63) is 60.1 Å². The molecule has 0 aromatic rings. The number of rotatable bonds is 12. The predicted octanol–water partition coefficient (Wildman–Crippen LogP) is -0.734. The third kappa shape index (κ3) is 7.81. The number of methoxy groups -OCH3 is 1. The zero-order valence-electron chi connectivity index (χ0n) is 22.3. The van der Waals surface area contributed by atoms with Crippen LogP contribution in [0.3, 0.4) is 0 Å². The number of carboxylic acid groups (broad SMARTS) is 2. The molecule has 0 aromatic carbocycles. The molecule has 0 spiro atoms. The van der Waals surface area contributed by atoms with Gasteiger partial charge in [-0.2, -0.15) is 0 Å². The molecule has 3 aliphatic rings. The fourth-order valence-electron chi connectivity index (χ4n) is 4.69. The second-order valence-electron chi connectivity index (χ2n) is 9.68. The van der Waals surface area contributed by atoms with E-state index in [1.54, 1.807) is 17.1 Å². The average molecular weight is 582 g/mol. The molecular formula is C27H35NO13. The SMILES string of the molecule is C=C[C@@H]1[C@@H](O[C@@H]2O[C@H](CO)[C@@H](O)[C@H](O)[C@H]2O)OC=C(C(=O)OC)[C@H]1/C=C/C1=CC(C(=O)O)=CN(CCCC(=O)O)C1. The number of aliphatic hydroxyl groups is 4. The third-order valence-corrected chi connectivity index (χ3v) is 6.88. The molecule has 0 saturated carbocycles. The van der Waals surface area contributed by atoms with E-state index in [-0.39, 0.29) is 24.1 Å². The number of hydrogen-bond acceptors (Lipinski definition) is 12. The van der Waals surface area contributed by atoms with Crippen LogP contribution in [0.4, 0.5) is 0 Å². The zero-order chi connectivity index (χ0) is 30.3. The van der Waals surface area contributed by atoms with Crippen molar-refractivity contribution in [1.82, 2.24) is 4.90 Å². The summed E-state index contributed by atoms with van der Waals surface area (Å²) in [6.45, 7) is 3.73. The van der Waals surface area contributed by atoms with Gasteiger partial charge in [0.05, 0.1) is 37.0 Å². The summed E-state index contributed by atoms with van der Waals surface area (Å²) in [6.07, 6.45) is 0.0235. The molecule has 0 unspecified atom stereocenters. The molecule has 0 radical (unpaired) electrons. The Morgan fingerprint density at radius 2 is 1.88 bits per heavy atom. The maximum Gasteiger partial charge on any atom is 0.337 e. The van der Waals surface area contributed by atoms with Crippen LogP contribution in [-0.2, 0) is 33.3 Å². The van der Waals surface area contributed by atoms with Crippen LogP contribution in [0.2, 0.25) is 0 Å². The normalized spacial score (nSPS) is 31.9. The second-order valence-corrected chi connectivity index (χ2v) is 9.68. The Morgan fingerprint density at radius 3 is 2.49 bits per heavy atom. The van der Waals surface area contributed by atoms with Crippen LogP contribution in [0, 0.1) is 11.8 Å². The lowest BCUT2D eigenvalue weighted by Crippen LogP contribution is -2.60. The molecule has 0 bridgehead atoms. The number of carbonyl (C=O) groups is 3. The number of nitrogens with zero attached hydrogens (tertiary/aromatic N) is 1. The lowest BCUT2D eigenvalue weighted by Gasteiger charge is -2.42. The van der Waals surface area contributed by atoms with Gasteiger partial charge in [0.2, 0.25) is 6.29 Å². The van der Waals surface area contributed by atoms with Crippen molar-refractivity contribution >= 4 is 17.9 Å². The topological polar surface area (TPSA) is 213 Å². The Balaban J connectivity index is 1.85. The number of hydrogen-bond donors (Lipinski definition) is 6. The van der Waals surface area contributed by atoms with Gasteiger partial charge in [-0.05, 0) is 18.1 Å². The van der Waals surface area contributed by atoms with Crippen LogP contribution in [0.5, 0.6) is 0 Å². The van der Waals surface area contributed by atoms with E-state index in [0.29, 0.717) is 18.5 Å². The van der Waals surface area contributed by atoms with E-state index in [2.05, 4.69) is 6.58 Å². The largest absolute Gasteiger partial charge is 0.481 e. The van der Waals surface area contributed by atoms with E-state index in [4.69, 9.17) is 24.1 Å². The molecule has 14 heteroatoms. The van der Waals surface area contributed by atoms with E-state index in [9.17, 15) is 39.9 Å². The van der Waals surface area contributed by atoms with Crippen molar-refractivity contribution < 1.29 is 64.0 Å². The number of ether oxygens (including phenoxy) is 4. The van der Waals surface area contributed by atoms with E-state index in [1.807, 2.05) is 0 Å². The summed E-state index contributed by atoms with van der Waals surface area (Å²) < 4.78 is 21.7. The van der Waals surface area contributed by atoms with E-state index >= 15 is 0 Å². The molecule has 3 heterocycles. The minimum atomic E-state index is -1.69. The first kappa shape index (κ1) is 32.0. The Labute approximate surface area is 235 Å². The second kappa shape index (κ2) is 14.4. The molecule has 8 atom stereocenters. The molecule has 1 fully saturated rings. The molecule has 226 valence electrons. The maximum absolute atomic E-state index is 12.6. The number of aliphatic carboxylic acids is 2. The van der Waals surface area contributed by atoms with Crippen LogP contribution >= 0.6 is 0 Å². The van der Waals surface area contributed by atoms with Crippen molar-refractivity contribution in [2.24, 2.45) is 11.8 Å². The summed E-state index contributed by atoms with van der Waals surface area (Å²) >= 11 is 0. The molecule has 6 N–H and O–H groups in total. The quantitative estimate of drug-likeness (QED) is 0.124. The number of carbonyl (C=O) groups excluding carboxylic acids is 1. The van der Waals surface area contributed by atoms with Gasteiger partial charge < -0.3 is 54.5 Å². The molecule has 41 heavy (non-hydrogen) atoms. The smallest absolute Gasteiger partial charge is 0.337 e. The summed E-state index contributed by atoms with van der Waals surface area (Å²) in [6, 6.07) is 0. The lowest BCUT2D eigenvalue weighted by atomic mass is 9.83. The third-order valence-electron chi connectivity index (χ3n) is 6.88. The van der Waals surface area contributed by atoms with Gasteiger partial charge in [0.25, 0.3) is 0 Å². The molecule has 14 nitrogen and oxygen atoms in total. The summed E-state index contributed by atoms with van der Waals surface area (Å²) in [5.74, 6) is -4.40. The fraction of sp³-hybridized carbons (Fsp3) is 0.519. The maximum atomic E-state index is 12.6. The molecule has 0 aromatic heterocycles. The van der Waals surface area contributed by atoms with Crippen LogP contribution in [0.1, 0.15) is 12.8 Å². The van der Waals surface area contributed by atoms with Crippen molar-refractivity contribution in [3.8, 4) is 0 Å². The zero-order valence-corrected chi connectivity index (χ0v) is 22.3. The average Bonchev–Trinajstić information content (AvgIpc) is 2.95. The van der Waals surface area contributed by atoms with Crippen LogP contribution in [0.15, 0.2) is 60.1 Å². The molecule has 3 aliphatic heterocycles. The van der Waals surface area contributed by atoms with E-state index in [1.165, 1.54) is 25.5 Å². The van der Waals surface area contributed by atoms with Gasteiger partial charge in [-0.1, -0.05) is 18.2 Å². The monoisotopic (exact) mass is 581 g/mol. The van der Waals surface area contributed by atoms with Gasteiger partial charge in [-0.25, -0.2) is 9.59 Å². The first-order valence-corrected chi connectivity index (χ1v) is 12.8.